The molecule has 1 aromatic rings. The Bertz CT molecular complexity index is 405. The van der Waals surface area contributed by atoms with Crippen LogP contribution in [-0.4, -0.2) is 17.0 Å². The lowest BCUT2D eigenvalue weighted by Crippen LogP contribution is -2.31. The molecular weight excluding hydrogens is 294 g/mol. The molecule has 0 aliphatic heterocycles. The van der Waals surface area contributed by atoms with E-state index in [1.807, 2.05) is 13.8 Å². The van der Waals surface area contributed by atoms with E-state index in [9.17, 15) is 4.79 Å². The van der Waals surface area contributed by atoms with E-state index in [1.54, 1.807) is 0 Å². The first-order chi connectivity index (χ1) is 8.43. The summed E-state index contributed by atoms with van der Waals surface area (Å²) >= 11 is 3.44. The second-order valence-corrected chi connectivity index (χ2v) is 5.73. The van der Waals surface area contributed by atoms with Crippen LogP contribution in [0.4, 0.5) is 4.79 Å². The van der Waals surface area contributed by atoms with Crippen LogP contribution in [0.5, 0.6) is 0 Å². The Hall–Kier alpha value is -1.03. The van der Waals surface area contributed by atoms with Crippen LogP contribution in [-0.2, 0) is 17.6 Å². The Morgan fingerprint density at radius 1 is 1.33 bits per heavy atom. The molecule has 100 valence electrons. The number of carbonyl (C=O) groups excluding carboxylic acids is 1. The average Bonchev–Trinajstić information content (AvgIpc) is 2.26. The highest BCUT2D eigenvalue weighted by Crippen LogP contribution is 2.18. The zero-order valence-corrected chi connectivity index (χ0v) is 12.5. The lowest BCUT2D eigenvalue weighted by atomic mass is 9.97. The first-order valence-electron chi connectivity index (χ1n) is 6.05. The quantitative estimate of drug-likeness (QED) is 0.818. The van der Waals surface area contributed by atoms with Crippen LogP contribution in [0, 0.1) is 0 Å². The minimum absolute atomic E-state index is 0.517. The van der Waals surface area contributed by atoms with Gasteiger partial charge >= 0.3 is 6.09 Å². The molecule has 1 aromatic carbocycles. The van der Waals surface area contributed by atoms with Crippen LogP contribution in [0.3, 0.4) is 0 Å². The number of alkyl halides is 1. The van der Waals surface area contributed by atoms with Crippen LogP contribution in [0.2, 0.25) is 0 Å². The van der Waals surface area contributed by atoms with Gasteiger partial charge in [-0.25, -0.2) is 4.79 Å². The first kappa shape index (κ1) is 15.0. The number of hydrogen-bond acceptors (Lipinski definition) is 2. The summed E-state index contributed by atoms with van der Waals surface area (Å²) in [4.78, 5) is 10.8. The Labute approximate surface area is 117 Å². The van der Waals surface area contributed by atoms with Crippen molar-refractivity contribution in [3.63, 3.8) is 0 Å². The summed E-state index contributed by atoms with van der Waals surface area (Å²) < 4.78 is 5.07. The zero-order valence-electron chi connectivity index (χ0n) is 10.9. The molecule has 0 unspecified atom stereocenters. The maximum atomic E-state index is 10.8. The average molecular weight is 314 g/mol. The lowest BCUT2D eigenvalue weighted by Gasteiger charge is -2.23. The molecule has 0 aromatic heterocycles. The van der Waals surface area contributed by atoms with Gasteiger partial charge < -0.3 is 10.5 Å². The monoisotopic (exact) mass is 313 g/mol. The number of amides is 1. The number of halogens is 1. The van der Waals surface area contributed by atoms with Gasteiger partial charge in [0.1, 0.15) is 5.60 Å². The maximum absolute atomic E-state index is 10.8. The predicted octanol–water partition coefficient (Wildman–Crippen LogP) is 3.43. The molecule has 4 heteroatoms. The largest absolute Gasteiger partial charge is 0.444 e. The summed E-state index contributed by atoms with van der Waals surface area (Å²) in [7, 11) is 0. The number of carbonyl (C=O) groups is 1. The molecule has 0 spiro atoms. The normalized spacial score (nSPS) is 11.3. The number of benzene rings is 1. The molecule has 0 radical (unpaired) electrons. The Kier molecular flexibility index (Phi) is 5.66. The minimum Gasteiger partial charge on any atom is -0.444 e. The third-order valence-electron chi connectivity index (χ3n) is 2.77. The molecule has 0 bridgehead atoms. The van der Waals surface area contributed by atoms with Gasteiger partial charge in [-0.3, -0.25) is 0 Å². The maximum Gasteiger partial charge on any atom is 0.405 e. The molecule has 0 aliphatic rings. The van der Waals surface area contributed by atoms with Crippen LogP contribution in [0.1, 0.15) is 31.4 Å². The van der Waals surface area contributed by atoms with E-state index in [1.165, 1.54) is 11.1 Å². The summed E-state index contributed by atoms with van der Waals surface area (Å²) in [5.74, 6) is 0. The smallest absolute Gasteiger partial charge is 0.405 e. The van der Waals surface area contributed by atoms with E-state index >= 15 is 0 Å². The van der Waals surface area contributed by atoms with Gasteiger partial charge in [-0.1, -0.05) is 40.2 Å². The van der Waals surface area contributed by atoms with Crippen molar-refractivity contribution >= 4 is 22.0 Å². The molecule has 3 nitrogen and oxygen atoms in total. The number of ether oxygens (including phenoxy) is 1. The molecule has 1 amide bonds. The highest BCUT2D eigenvalue weighted by atomic mass is 79.9. The van der Waals surface area contributed by atoms with Crippen molar-refractivity contribution in [2.45, 2.75) is 38.7 Å². The van der Waals surface area contributed by atoms with Crippen molar-refractivity contribution in [2.75, 3.05) is 5.33 Å². The topological polar surface area (TPSA) is 52.3 Å². The summed E-state index contributed by atoms with van der Waals surface area (Å²) in [6.45, 7) is 3.75. The summed E-state index contributed by atoms with van der Waals surface area (Å²) in [6.07, 6.45) is 1.94. The second-order valence-electron chi connectivity index (χ2n) is 4.94. The fourth-order valence-corrected chi connectivity index (χ4v) is 2.28. The zero-order chi connectivity index (χ0) is 13.6. The Morgan fingerprint density at radius 2 is 1.94 bits per heavy atom. The van der Waals surface area contributed by atoms with E-state index in [0.29, 0.717) is 0 Å². The van der Waals surface area contributed by atoms with Crippen molar-refractivity contribution in [3.8, 4) is 0 Å². The summed E-state index contributed by atoms with van der Waals surface area (Å²) in [5, 5.41) is 0.965. The van der Waals surface area contributed by atoms with Gasteiger partial charge in [-0.05, 0) is 44.2 Å². The molecule has 0 saturated carbocycles. The van der Waals surface area contributed by atoms with Gasteiger partial charge in [0.05, 0.1) is 0 Å². The van der Waals surface area contributed by atoms with E-state index in [-0.39, 0.29) is 0 Å². The number of hydrogen-bond donors (Lipinski definition) is 1. The van der Waals surface area contributed by atoms with Gasteiger partial charge in [0.25, 0.3) is 0 Å². The highest BCUT2D eigenvalue weighted by molar-refractivity contribution is 9.09. The van der Waals surface area contributed by atoms with Crippen LogP contribution < -0.4 is 5.73 Å². The van der Waals surface area contributed by atoms with Crippen LogP contribution >= 0.6 is 15.9 Å². The number of aryl methyl sites for hydroxylation is 2. The van der Waals surface area contributed by atoms with Crippen molar-refractivity contribution in [1.82, 2.24) is 0 Å². The van der Waals surface area contributed by atoms with Gasteiger partial charge in [0.2, 0.25) is 0 Å². The standard InChI is InChI=1S/C14H20BrNO2/c1-14(2,18-13(16)17)8-6-11-4-3-5-12(10-11)7-9-15/h3-5,10H,6-9H2,1-2H3,(H2,16,17). The van der Waals surface area contributed by atoms with Gasteiger partial charge in [0.15, 0.2) is 0 Å². The number of primary amides is 1. The molecule has 0 saturated heterocycles. The fourth-order valence-electron chi connectivity index (χ4n) is 1.82. The van der Waals surface area contributed by atoms with Crippen LogP contribution in [0.15, 0.2) is 24.3 Å². The van der Waals surface area contributed by atoms with Gasteiger partial charge in [-0.2, -0.15) is 0 Å². The van der Waals surface area contributed by atoms with Gasteiger partial charge in [-0.15, -0.1) is 0 Å². The minimum atomic E-state index is -0.715. The number of rotatable bonds is 6. The second kappa shape index (κ2) is 6.78. The summed E-state index contributed by atoms with van der Waals surface area (Å²) in [6, 6.07) is 8.48. The molecule has 0 aliphatic carbocycles. The Balaban J connectivity index is 2.57. The molecule has 0 heterocycles. The van der Waals surface area contributed by atoms with Gasteiger partial charge in [0, 0.05) is 5.33 Å². The number of nitrogens with two attached hydrogens (primary N) is 1. The SMILES string of the molecule is CC(C)(CCc1cccc(CCBr)c1)OC(N)=O. The van der Waals surface area contributed by atoms with Crippen molar-refractivity contribution in [3.05, 3.63) is 35.4 Å². The molecule has 1 rings (SSSR count). The van der Waals surface area contributed by atoms with E-state index in [2.05, 4.69) is 40.2 Å². The summed E-state index contributed by atoms with van der Waals surface area (Å²) in [5.41, 5.74) is 7.10. The Morgan fingerprint density at radius 3 is 2.50 bits per heavy atom. The molecule has 0 atom stereocenters. The molecular formula is C14H20BrNO2. The highest BCUT2D eigenvalue weighted by Gasteiger charge is 2.21. The van der Waals surface area contributed by atoms with E-state index in [4.69, 9.17) is 10.5 Å². The van der Waals surface area contributed by atoms with E-state index in [0.717, 1.165) is 24.6 Å². The lowest BCUT2D eigenvalue weighted by molar-refractivity contribution is 0.0394. The van der Waals surface area contributed by atoms with Crippen molar-refractivity contribution in [1.29, 1.82) is 0 Å². The van der Waals surface area contributed by atoms with Crippen molar-refractivity contribution < 1.29 is 9.53 Å². The molecule has 0 fully saturated rings. The third-order valence-corrected chi connectivity index (χ3v) is 3.16. The van der Waals surface area contributed by atoms with E-state index < -0.39 is 11.7 Å². The fraction of sp³-hybridized carbons (Fsp3) is 0.500. The van der Waals surface area contributed by atoms with Crippen LogP contribution in [0.25, 0.3) is 0 Å². The molecule has 18 heavy (non-hydrogen) atoms. The third kappa shape index (κ3) is 5.54. The first-order valence-corrected chi connectivity index (χ1v) is 7.17. The van der Waals surface area contributed by atoms with Crippen molar-refractivity contribution in [2.24, 2.45) is 5.73 Å². The predicted molar refractivity (Wildman–Crippen MR) is 77.0 cm³/mol. The molecule has 2 N–H and O–H groups in total.